The summed E-state index contributed by atoms with van der Waals surface area (Å²) in [6.45, 7) is 1.50. The molecule has 1 aromatic rings. The molecule has 0 aromatic carbocycles. The number of carbonyl (C=O) groups is 2. The van der Waals surface area contributed by atoms with Crippen LogP contribution in [0.25, 0.3) is 0 Å². The summed E-state index contributed by atoms with van der Waals surface area (Å²) in [5, 5.41) is 17.5. The van der Waals surface area contributed by atoms with E-state index in [9.17, 15) is 9.59 Å². The van der Waals surface area contributed by atoms with Gasteiger partial charge in [-0.25, -0.2) is 4.79 Å². The van der Waals surface area contributed by atoms with E-state index in [-0.39, 0.29) is 18.1 Å². The Morgan fingerprint density at radius 3 is 2.21 bits per heavy atom. The maximum atomic E-state index is 10.8. The number of nitrogens with one attached hydrogen (secondary N) is 1. The molecule has 6 nitrogen and oxygen atoms in total. The van der Waals surface area contributed by atoms with E-state index in [0.29, 0.717) is 0 Å². The Morgan fingerprint density at radius 2 is 1.84 bits per heavy atom. The van der Waals surface area contributed by atoms with Crippen LogP contribution in [0.3, 0.4) is 0 Å². The molecule has 0 saturated carbocycles. The molecule has 1 aromatic heterocycles. The summed E-state index contributed by atoms with van der Waals surface area (Å²) in [7, 11) is 0. The number of carboxylic acid groups (broad SMARTS) is 2. The maximum absolute atomic E-state index is 10.8. The van der Waals surface area contributed by atoms with Crippen molar-refractivity contribution in [2.75, 3.05) is 0 Å². The van der Waals surface area contributed by atoms with Gasteiger partial charge in [0.25, 0.3) is 0 Å². The first-order valence-electron chi connectivity index (χ1n) is 5.38. The summed E-state index contributed by atoms with van der Waals surface area (Å²) in [6, 6.07) is 3.89. The highest BCUT2D eigenvalue weighted by molar-refractivity contribution is 5.90. The van der Waals surface area contributed by atoms with Crippen LogP contribution in [0.2, 0.25) is 0 Å². The van der Waals surface area contributed by atoms with Crippen molar-refractivity contribution in [2.24, 2.45) is 5.41 Å². The van der Waals surface area contributed by atoms with Gasteiger partial charge in [0, 0.05) is 18.0 Å². The minimum Gasteiger partial charge on any atom is -0.481 e. The predicted octanol–water partition coefficient (Wildman–Crippen LogP) is 2.22. The van der Waals surface area contributed by atoms with Crippen molar-refractivity contribution in [3.05, 3.63) is 48.3 Å². The predicted molar refractivity (Wildman–Crippen MR) is 71.0 cm³/mol. The number of aliphatic carboxylic acids is 2. The van der Waals surface area contributed by atoms with Crippen LogP contribution in [-0.2, 0) is 9.59 Å². The number of hydrogen-bond acceptors (Lipinski definition) is 3. The summed E-state index contributed by atoms with van der Waals surface area (Å²) < 4.78 is 0. The molecule has 104 valence electrons. The van der Waals surface area contributed by atoms with Gasteiger partial charge in [-0.3, -0.25) is 4.79 Å². The first-order valence-corrected chi connectivity index (χ1v) is 5.38. The standard InChI is InChI=1S/C9H10O4.C4H5N.H3N/c1-9(8(12)13)4-2-3-6(5-9)7(10)11;1-2-4-5-3-1;/h2-4H,5H2,1H3,(H,10,11)(H,12,13);1-5H;1H3. The summed E-state index contributed by atoms with van der Waals surface area (Å²) in [4.78, 5) is 24.2. The Morgan fingerprint density at radius 1 is 1.26 bits per heavy atom. The highest BCUT2D eigenvalue weighted by atomic mass is 16.4. The minimum atomic E-state index is -1.08. The molecule has 1 heterocycles. The van der Waals surface area contributed by atoms with Crippen LogP contribution in [0.1, 0.15) is 13.3 Å². The molecular formula is C13H18N2O4. The van der Waals surface area contributed by atoms with E-state index in [0.717, 1.165) is 0 Å². The van der Waals surface area contributed by atoms with Gasteiger partial charge in [0.2, 0.25) is 0 Å². The van der Waals surface area contributed by atoms with Crippen molar-refractivity contribution < 1.29 is 19.8 Å². The average molecular weight is 266 g/mol. The summed E-state index contributed by atoms with van der Waals surface area (Å²) in [5.41, 5.74) is -0.949. The molecular weight excluding hydrogens is 248 g/mol. The molecule has 1 aliphatic carbocycles. The Bertz CT molecular complexity index is 460. The number of hydrogen-bond donors (Lipinski definition) is 4. The summed E-state index contributed by atoms with van der Waals surface area (Å²) in [5.74, 6) is -2.06. The monoisotopic (exact) mass is 266 g/mol. The van der Waals surface area contributed by atoms with E-state index in [1.807, 2.05) is 24.5 Å². The molecule has 0 saturated heterocycles. The fourth-order valence-corrected chi connectivity index (χ4v) is 1.46. The van der Waals surface area contributed by atoms with E-state index >= 15 is 0 Å². The number of allylic oxidation sites excluding steroid dienone is 2. The van der Waals surface area contributed by atoms with E-state index in [1.165, 1.54) is 25.2 Å². The zero-order valence-corrected chi connectivity index (χ0v) is 10.7. The van der Waals surface area contributed by atoms with Crippen molar-refractivity contribution in [3.8, 4) is 0 Å². The van der Waals surface area contributed by atoms with Gasteiger partial charge in [0.15, 0.2) is 0 Å². The number of H-pyrrole nitrogens is 1. The normalized spacial score (nSPS) is 20.4. The first kappa shape index (κ1) is 16.7. The molecule has 2 rings (SSSR count). The molecule has 0 fully saturated rings. The lowest BCUT2D eigenvalue weighted by Gasteiger charge is -2.23. The first-order chi connectivity index (χ1) is 8.46. The van der Waals surface area contributed by atoms with Gasteiger partial charge < -0.3 is 21.3 Å². The van der Waals surface area contributed by atoms with E-state index in [1.54, 1.807) is 0 Å². The summed E-state index contributed by atoms with van der Waals surface area (Å²) in [6.07, 6.45) is 8.18. The SMILES string of the molecule is CC1(C(=O)O)C=CC=C(C(=O)O)C1.N.c1cc[nH]c1. The zero-order chi connectivity index (χ0) is 13.6. The van der Waals surface area contributed by atoms with Crippen LogP contribution >= 0.6 is 0 Å². The van der Waals surface area contributed by atoms with Gasteiger partial charge in [0.1, 0.15) is 0 Å². The lowest BCUT2D eigenvalue weighted by atomic mass is 9.80. The second-order valence-corrected chi connectivity index (χ2v) is 4.14. The van der Waals surface area contributed by atoms with E-state index in [2.05, 4.69) is 4.98 Å². The molecule has 19 heavy (non-hydrogen) atoms. The maximum Gasteiger partial charge on any atom is 0.331 e. The fraction of sp³-hybridized carbons (Fsp3) is 0.231. The summed E-state index contributed by atoms with van der Waals surface area (Å²) >= 11 is 0. The Kier molecular flexibility index (Phi) is 6.29. The van der Waals surface area contributed by atoms with Crippen molar-refractivity contribution in [1.82, 2.24) is 11.1 Å². The molecule has 0 bridgehead atoms. The third kappa shape index (κ3) is 4.81. The van der Waals surface area contributed by atoms with Crippen LogP contribution in [0.5, 0.6) is 0 Å². The smallest absolute Gasteiger partial charge is 0.331 e. The molecule has 0 radical (unpaired) electrons. The van der Waals surface area contributed by atoms with Crippen molar-refractivity contribution in [3.63, 3.8) is 0 Å². The van der Waals surface area contributed by atoms with Gasteiger partial charge >= 0.3 is 11.9 Å². The number of aromatic amines is 1. The second-order valence-electron chi connectivity index (χ2n) is 4.14. The van der Waals surface area contributed by atoms with Crippen LogP contribution in [0, 0.1) is 5.41 Å². The molecule has 0 aliphatic heterocycles. The van der Waals surface area contributed by atoms with Crippen LogP contribution in [0.4, 0.5) is 0 Å². The van der Waals surface area contributed by atoms with Gasteiger partial charge in [-0.05, 0) is 25.5 Å². The third-order valence-electron chi connectivity index (χ3n) is 2.58. The van der Waals surface area contributed by atoms with Crippen molar-refractivity contribution in [1.29, 1.82) is 0 Å². The minimum absolute atomic E-state index is 0. The molecule has 6 N–H and O–H groups in total. The fourth-order valence-electron chi connectivity index (χ4n) is 1.46. The molecule has 1 unspecified atom stereocenters. The number of aromatic nitrogens is 1. The van der Waals surface area contributed by atoms with Gasteiger partial charge in [0.05, 0.1) is 5.41 Å². The van der Waals surface area contributed by atoms with Crippen molar-refractivity contribution >= 4 is 11.9 Å². The molecule has 1 aliphatic rings. The van der Waals surface area contributed by atoms with Gasteiger partial charge in [-0.15, -0.1) is 0 Å². The highest BCUT2D eigenvalue weighted by Gasteiger charge is 2.34. The van der Waals surface area contributed by atoms with Crippen LogP contribution < -0.4 is 6.15 Å². The Hall–Kier alpha value is -2.34. The highest BCUT2D eigenvalue weighted by Crippen LogP contribution is 2.31. The molecule has 0 amide bonds. The lowest BCUT2D eigenvalue weighted by molar-refractivity contribution is -0.145. The molecule has 1 atom stereocenters. The van der Waals surface area contributed by atoms with E-state index < -0.39 is 17.4 Å². The van der Waals surface area contributed by atoms with Gasteiger partial charge in [-0.2, -0.15) is 0 Å². The van der Waals surface area contributed by atoms with Crippen molar-refractivity contribution in [2.45, 2.75) is 13.3 Å². The zero-order valence-electron chi connectivity index (χ0n) is 10.7. The second kappa shape index (κ2) is 7.17. The van der Waals surface area contributed by atoms with Gasteiger partial charge in [-0.1, -0.05) is 18.2 Å². The van der Waals surface area contributed by atoms with Crippen LogP contribution in [-0.4, -0.2) is 27.1 Å². The largest absolute Gasteiger partial charge is 0.481 e. The third-order valence-corrected chi connectivity index (χ3v) is 2.58. The lowest BCUT2D eigenvalue weighted by Crippen LogP contribution is -2.28. The number of rotatable bonds is 2. The quantitative estimate of drug-likeness (QED) is 0.653. The Labute approximate surface area is 111 Å². The number of carboxylic acids is 2. The molecule has 6 heteroatoms. The average Bonchev–Trinajstić information content (AvgIpc) is 2.87. The van der Waals surface area contributed by atoms with E-state index in [4.69, 9.17) is 10.2 Å². The van der Waals surface area contributed by atoms with Crippen LogP contribution in [0.15, 0.2) is 48.3 Å². The topological polar surface area (TPSA) is 125 Å². The Balaban J connectivity index is 0.000000454. The molecule has 0 spiro atoms.